The molecule has 4 aromatic carbocycles. The van der Waals surface area contributed by atoms with Crippen LogP contribution in [0.2, 0.25) is 0 Å². The molecule has 8 heteroatoms. The molecule has 0 saturated carbocycles. The molecule has 1 N–H and O–H groups in total. The van der Waals surface area contributed by atoms with E-state index in [2.05, 4.69) is 10.3 Å². The van der Waals surface area contributed by atoms with Crippen molar-refractivity contribution in [3.63, 3.8) is 0 Å². The van der Waals surface area contributed by atoms with Gasteiger partial charge in [0.05, 0.1) is 13.7 Å². The van der Waals surface area contributed by atoms with Crippen molar-refractivity contribution in [1.82, 2.24) is 4.98 Å². The molecule has 1 atom stereocenters. The van der Waals surface area contributed by atoms with Crippen molar-refractivity contribution in [2.45, 2.75) is 18.9 Å². The lowest BCUT2D eigenvalue weighted by Gasteiger charge is -2.21. The van der Waals surface area contributed by atoms with Crippen molar-refractivity contribution in [3.8, 4) is 5.75 Å². The molecule has 48 heavy (non-hydrogen) atoms. The van der Waals surface area contributed by atoms with Crippen molar-refractivity contribution in [2.24, 2.45) is 0 Å². The van der Waals surface area contributed by atoms with Gasteiger partial charge in [0.15, 0.2) is 5.78 Å². The van der Waals surface area contributed by atoms with E-state index in [1.165, 1.54) is 7.11 Å². The van der Waals surface area contributed by atoms with Gasteiger partial charge < -0.3 is 19.7 Å². The number of aromatic nitrogens is 1. The first-order valence-corrected chi connectivity index (χ1v) is 15.7. The first-order valence-electron chi connectivity index (χ1n) is 15.7. The summed E-state index contributed by atoms with van der Waals surface area (Å²) in [5.41, 5.74) is 4.13. The molecule has 5 rings (SSSR count). The molecule has 0 fully saturated rings. The number of hydrogen-bond donors (Lipinski definition) is 1. The van der Waals surface area contributed by atoms with Crippen molar-refractivity contribution in [3.05, 3.63) is 162 Å². The maximum atomic E-state index is 13.2. The van der Waals surface area contributed by atoms with Gasteiger partial charge in [-0.3, -0.25) is 14.6 Å². The van der Waals surface area contributed by atoms with Crippen LogP contribution >= 0.6 is 0 Å². The Bertz CT molecular complexity index is 1810. The minimum Gasteiger partial charge on any atom is -0.494 e. The number of carbonyl (C=O) groups excluding carboxylic acids is 3. The Kier molecular flexibility index (Phi) is 11.8. The Hall–Kier alpha value is -6.02. The van der Waals surface area contributed by atoms with E-state index in [0.717, 1.165) is 16.8 Å². The van der Waals surface area contributed by atoms with Crippen LogP contribution in [0.3, 0.4) is 0 Å². The van der Waals surface area contributed by atoms with Gasteiger partial charge >= 0.3 is 5.97 Å². The third-order valence-corrected chi connectivity index (χ3v) is 7.62. The lowest BCUT2D eigenvalue weighted by Crippen LogP contribution is -2.33. The Balaban J connectivity index is 1.18. The molecule has 0 aliphatic carbocycles. The van der Waals surface area contributed by atoms with Gasteiger partial charge in [0, 0.05) is 53.9 Å². The molecule has 0 saturated heterocycles. The van der Waals surface area contributed by atoms with E-state index >= 15 is 0 Å². The predicted octanol–water partition coefficient (Wildman–Crippen LogP) is 7.02. The number of carbonyl (C=O) groups is 3. The van der Waals surface area contributed by atoms with Gasteiger partial charge in [-0.15, -0.1) is 0 Å². The monoisotopic (exact) mass is 639 g/mol. The number of anilines is 2. The molecular weight excluding hydrogens is 602 g/mol. The van der Waals surface area contributed by atoms with Crippen molar-refractivity contribution >= 4 is 35.1 Å². The van der Waals surface area contributed by atoms with Crippen molar-refractivity contribution in [2.75, 3.05) is 30.5 Å². The van der Waals surface area contributed by atoms with Crippen LogP contribution in [-0.4, -0.2) is 48.9 Å². The van der Waals surface area contributed by atoms with Crippen LogP contribution in [0, 0.1) is 0 Å². The minimum atomic E-state index is -0.722. The molecule has 1 amide bonds. The fraction of sp³-hybridized carbons (Fsp3) is 0.150. The highest BCUT2D eigenvalue weighted by molar-refractivity contribution is 6.12. The molecule has 242 valence electrons. The number of amides is 1. The second-order valence-corrected chi connectivity index (χ2v) is 11.0. The van der Waals surface area contributed by atoms with Gasteiger partial charge in [0.2, 0.25) is 0 Å². The highest BCUT2D eigenvalue weighted by Crippen LogP contribution is 2.23. The summed E-state index contributed by atoms with van der Waals surface area (Å²) in [6, 6.07) is 36.2. The van der Waals surface area contributed by atoms with Crippen molar-refractivity contribution < 1.29 is 23.9 Å². The zero-order valence-electron chi connectivity index (χ0n) is 26.7. The quantitative estimate of drug-likeness (QED) is 0.0569. The number of nitrogens with one attached hydrogen (secondary N) is 1. The van der Waals surface area contributed by atoms with Crippen molar-refractivity contribution in [1.29, 1.82) is 0 Å². The Morgan fingerprint density at radius 3 is 2.25 bits per heavy atom. The van der Waals surface area contributed by atoms with Gasteiger partial charge in [0.25, 0.3) is 5.91 Å². The second kappa shape index (κ2) is 17.1. The van der Waals surface area contributed by atoms with Gasteiger partial charge in [-0.2, -0.15) is 0 Å². The molecule has 0 aliphatic heterocycles. The third-order valence-electron chi connectivity index (χ3n) is 7.62. The van der Waals surface area contributed by atoms with Crippen LogP contribution in [0.15, 0.2) is 140 Å². The van der Waals surface area contributed by atoms with Crippen LogP contribution < -0.4 is 15.0 Å². The van der Waals surface area contributed by atoms with E-state index in [0.29, 0.717) is 48.6 Å². The highest BCUT2D eigenvalue weighted by atomic mass is 16.5. The Morgan fingerprint density at radius 1 is 0.833 bits per heavy atom. The summed E-state index contributed by atoms with van der Waals surface area (Å²) >= 11 is 0. The number of pyridine rings is 1. The minimum absolute atomic E-state index is 0.129. The fourth-order valence-corrected chi connectivity index (χ4v) is 5.15. The first-order chi connectivity index (χ1) is 23.5. The number of methoxy groups -OCH3 is 1. The lowest BCUT2D eigenvalue weighted by molar-refractivity contribution is -0.141. The van der Waals surface area contributed by atoms with Gasteiger partial charge in [0.1, 0.15) is 11.8 Å². The maximum Gasteiger partial charge on any atom is 0.328 e. The smallest absolute Gasteiger partial charge is 0.328 e. The molecular formula is C40H37N3O5. The second-order valence-electron chi connectivity index (χ2n) is 11.0. The normalized spacial score (nSPS) is 11.4. The van der Waals surface area contributed by atoms with Crippen LogP contribution in [0.5, 0.6) is 5.75 Å². The molecule has 1 aromatic heterocycles. The average Bonchev–Trinajstić information content (AvgIpc) is 3.15. The summed E-state index contributed by atoms with van der Waals surface area (Å²) in [7, 11) is 1.35. The Morgan fingerprint density at radius 2 is 1.54 bits per heavy atom. The summed E-state index contributed by atoms with van der Waals surface area (Å²) in [6.45, 7) is 0.875. The van der Waals surface area contributed by atoms with Crippen LogP contribution in [0.25, 0.3) is 6.08 Å². The van der Waals surface area contributed by atoms with Crippen LogP contribution in [0.4, 0.5) is 11.4 Å². The maximum absolute atomic E-state index is 13.2. The summed E-state index contributed by atoms with van der Waals surface area (Å²) in [6.07, 6.45) is 7.65. The molecule has 0 spiro atoms. The average molecular weight is 640 g/mol. The molecule has 0 bridgehead atoms. The molecule has 0 radical (unpaired) electrons. The van der Waals surface area contributed by atoms with E-state index in [4.69, 9.17) is 9.47 Å². The molecule has 0 aliphatic rings. The lowest BCUT2D eigenvalue weighted by atomic mass is 10.00. The SMILES string of the molecule is COC(=O)C(Cc1ccc(OCCCN(C(=O)C=Cc2cccnc2)c2ccccc2)cc1)Nc1ccccc1C(=O)c1ccccc1. The summed E-state index contributed by atoms with van der Waals surface area (Å²) in [4.78, 5) is 45.0. The highest BCUT2D eigenvalue weighted by Gasteiger charge is 2.23. The standard InChI is InChI=1S/C40H37N3O5/c1-47-40(46)37(42-36-18-9-8-17-35(36)39(45)32-13-4-2-5-14-32)28-30-19-22-34(23-20-30)48-27-11-26-43(33-15-6-3-7-16-33)38(44)24-21-31-12-10-25-41-29-31/h2-10,12-25,29,37,42H,11,26-28H2,1H3. The number of hydrogen-bond acceptors (Lipinski definition) is 7. The number of nitrogens with zero attached hydrogens (tertiary/aromatic N) is 2. The Labute approximate surface area is 280 Å². The van der Waals surface area contributed by atoms with E-state index in [-0.39, 0.29) is 11.7 Å². The van der Waals surface area contributed by atoms with E-state index in [1.807, 2.05) is 91.0 Å². The first kappa shape index (κ1) is 33.3. The molecule has 8 nitrogen and oxygen atoms in total. The number of benzene rings is 4. The summed E-state index contributed by atoms with van der Waals surface area (Å²) in [5, 5.41) is 3.24. The third kappa shape index (κ3) is 9.26. The number of esters is 1. The zero-order chi connectivity index (χ0) is 33.6. The zero-order valence-corrected chi connectivity index (χ0v) is 26.7. The predicted molar refractivity (Wildman–Crippen MR) is 188 cm³/mol. The van der Waals surface area contributed by atoms with E-state index < -0.39 is 12.0 Å². The van der Waals surface area contributed by atoms with Gasteiger partial charge in [-0.25, -0.2) is 4.79 Å². The fourth-order valence-electron chi connectivity index (χ4n) is 5.15. The number of rotatable bonds is 15. The summed E-state index contributed by atoms with van der Waals surface area (Å²) < 4.78 is 11.1. The molecule has 1 heterocycles. The van der Waals surface area contributed by atoms with Gasteiger partial charge in [-0.05, 0) is 66.1 Å². The van der Waals surface area contributed by atoms with E-state index in [1.54, 1.807) is 59.8 Å². The summed E-state index contributed by atoms with van der Waals surface area (Å²) in [5.74, 6) is -0.0317. The van der Waals surface area contributed by atoms with Crippen LogP contribution in [0.1, 0.15) is 33.5 Å². The largest absolute Gasteiger partial charge is 0.494 e. The molecule has 5 aromatic rings. The van der Waals surface area contributed by atoms with Crippen LogP contribution in [-0.2, 0) is 20.7 Å². The number of para-hydroxylation sites is 2. The van der Waals surface area contributed by atoms with E-state index in [9.17, 15) is 14.4 Å². The number of ketones is 1. The van der Waals surface area contributed by atoms with Gasteiger partial charge in [-0.1, -0.05) is 78.9 Å². The molecule has 1 unspecified atom stereocenters. The topological polar surface area (TPSA) is 97.8 Å². The number of ether oxygens (including phenoxy) is 2.